The van der Waals surface area contributed by atoms with Gasteiger partial charge in [-0.05, 0) is 28.9 Å². The minimum atomic E-state index is 0.700. The van der Waals surface area contributed by atoms with E-state index in [1.165, 1.54) is 11.1 Å². The van der Waals surface area contributed by atoms with Crippen LogP contribution in [0.25, 0.3) is 11.1 Å². The third-order valence-electron chi connectivity index (χ3n) is 3.38. The smallest absolute Gasteiger partial charge is 0.0998 e. The van der Waals surface area contributed by atoms with Gasteiger partial charge in [0.05, 0.1) is 11.6 Å². The molecular weight excluding hydrogens is 244 g/mol. The lowest BCUT2D eigenvalue weighted by atomic mass is 9.95. The van der Waals surface area contributed by atoms with Gasteiger partial charge in [-0.3, -0.25) is 0 Å². The number of rotatable bonds is 2. The average molecular weight is 258 g/mol. The molecule has 96 valence electrons. The van der Waals surface area contributed by atoms with Crippen molar-refractivity contribution >= 4 is 11.1 Å². The second-order valence-electron chi connectivity index (χ2n) is 4.67. The van der Waals surface area contributed by atoms with Crippen molar-refractivity contribution in [1.82, 2.24) is 5.32 Å². The molecule has 2 nitrogen and oxygen atoms in total. The van der Waals surface area contributed by atoms with Crippen molar-refractivity contribution in [1.29, 1.82) is 5.26 Å². The molecule has 2 aromatic rings. The van der Waals surface area contributed by atoms with Crippen molar-refractivity contribution in [3.05, 3.63) is 83.6 Å². The summed E-state index contributed by atoms with van der Waals surface area (Å²) < 4.78 is 0. The maximum absolute atomic E-state index is 9.21. The van der Waals surface area contributed by atoms with Gasteiger partial charge in [-0.2, -0.15) is 5.26 Å². The van der Waals surface area contributed by atoms with Crippen molar-refractivity contribution in [2.24, 2.45) is 0 Å². The van der Waals surface area contributed by atoms with E-state index in [1.54, 1.807) is 0 Å². The number of nitriles is 1. The van der Waals surface area contributed by atoms with Crippen LogP contribution in [-0.4, -0.2) is 6.54 Å². The largest absolute Gasteiger partial charge is 0.386 e. The Labute approximate surface area is 118 Å². The molecule has 0 saturated carbocycles. The lowest BCUT2D eigenvalue weighted by molar-refractivity contribution is 0.990. The summed E-state index contributed by atoms with van der Waals surface area (Å²) >= 11 is 0. The Balaban J connectivity index is 2.02. The van der Waals surface area contributed by atoms with Crippen LogP contribution < -0.4 is 5.32 Å². The molecule has 0 bridgehead atoms. The molecule has 0 fully saturated rings. The second-order valence-corrected chi connectivity index (χ2v) is 4.67. The minimum Gasteiger partial charge on any atom is -0.386 e. The SMILES string of the molecule is N#Cc1ccccc1C1=CNCC(c2ccccc2)=C1. The van der Waals surface area contributed by atoms with Gasteiger partial charge in [-0.15, -0.1) is 0 Å². The third-order valence-corrected chi connectivity index (χ3v) is 3.38. The Morgan fingerprint density at radius 2 is 1.70 bits per heavy atom. The number of dihydropyridines is 1. The topological polar surface area (TPSA) is 35.8 Å². The molecule has 0 radical (unpaired) electrons. The zero-order valence-corrected chi connectivity index (χ0v) is 11.0. The van der Waals surface area contributed by atoms with Gasteiger partial charge >= 0.3 is 0 Å². The molecule has 1 aliphatic heterocycles. The van der Waals surface area contributed by atoms with Gasteiger partial charge < -0.3 is 5.32 Å². The summed E-state index contributed by atoms with van der Waals surface area (Å²) in [5.41, 5.74) is 5.16. The molecule has 0 saturated heterocycles. The molecular formula is C18H14N2. The van der Waals surface area contributed by atoms with Crippen molar-refractivity contribution < 1.29 is 0 Å². The van der Waals surface area contributed by atoms with E-state index in [2.05, 4.69) is 29.6 Å². The van der Waals surface area contributed by atoms with Gasteiger partial charge in [0.25, 0.3) is 0 Å². The molecule has 2 aromatic carbocycles. The van der Waals surface area contributed by atoms with Gasteiger partial charge in [0.2, 0.25) is 0 Å². The summed E-state index contributed by atoms with van der Waals surface area (Å²) in [6.07, 6.45) is 4.13. The van der Waals surface area contributed by atoms with Crippen LogP contribution in [0.4, 0.5) is 0 Å². The first-order valence-corrected chi connectivity index (χ1v) is 6.57. The lowest BCUT2D eigenvalue weighted by Gasteiger charge is -2.16. The van der Waals surface area contributed by atoms with E-state index < -0.39 is 0 Å². The number of benzene rings is 2. The Morgan fingerprint density at radius 1 is 0.950 bits per heavy atom. The van der Waals surface area contributed by atoms with Crippen LogP contribution in [0.2, 0.25) is 0 Å². The number of allylic oxidation sites excluding steroid dienone is 2. The van der Waals surface area contributed by atoms with E-state index in [0.717, 1.165) is 17.7 Å². The highest BCUT2D eigenvalue weighted by Crippen LogP contribution is 2.26. The Morgan fingerprint density at radius 3 is 2.50 bits per heavy atom. The molecule has 0 amide bonds. The molecule has 0 unspecified atom stereocenters. The summed E-state index contributed by atoms with van der Waals surface area (Å²) in [7, 11) is 0. The fourth-order valence-electron chi connectivity index (χ4n) is 2.38. The zero-order valence-electron chi connectivity index (χ0n) is 11.0. The average Bonchev–Trinajstić information content (AvgIpc) is 2.56. The van der Waals surface area contributed by atoms with Crippen LogP contribution in [0.5, 0.6) is 0 Å². The normalized spacial score (nSPS) is 13.8. The number of nitrogens with zero attached hydrogens (tertiary/aromatic N) is 1. The molecule has 1 N–H and O–H groups in total. The van der Waals surface area contributed by atoms with E-state index in [9.17, 15) is 5.26 Å². The third kappa shape index (κ3) is 2.34. The molecule has 0 atom stereocenters. The fraction of sp³-hybridized carbons (Fsp3) is 0.0556. The number of hydrogen-bond acceptors (Lipinski definition) is 2. The van der Waals surface area contributed by atoms with E-state index in [1.807, 2.05) is 48.7 Å². The summed E-state index contributed by atoms with van der Waals surface area (Å²) in [6, 6.07) is 20.2. The molecule has 3 rings (SSSR count). The predicted molar refractivity (Wildman–Crippen MR) is 81.6 cm³/mol. The summed E-state index contributed by atoms with van der Waals surface area (Å²) in [4.78, 5) is 0. The highest BCUT2D eigenvalue weighted by atomic mass is 14.8. The van der Waals surface area contributed by atoms with Crippen molar-refractivity contribution in [3.8, 4) is 6.07 Å². The Kier molecular flexibility index (Phi) is 3.34. The van der Waals surface area contributed by atoms with Crippen LogP contribution in [0.3, 0.4) is 0 Å². The van der Waals surface area contributed by atoms with Crippen molar-refractivity contribution in [3.63, 3.8) is 0 Å². The van der Waals surface area contributed by atoms with Crippen LogP contribution in [-0.2, 0) is 0 Å². The minimum absolute atomic E-state index is 0.700. The first-order chi connectivity index (χ1) is 9.88. The van der Waals surface area contributed by atoms with Gasteiger partial charge in [-0.1, -0.05) is 48.5 Å². The van der Waals surface area contributed by atoms with Gasteiger partial charge in [0.1, 0.15) is 0 Å². The van der Waals surface area contributed by atoms with Crippen LogP contribution in [0.15, 0.2) is 66.9 Å². The maximum atomic E-state index is 9.21. The van der Waals surface area contributed by atoms with Crippen LogP contribution in [0, 0.1) is 11.3 Å². The summed E-state index contributed by atoms with van der Waals surface area (Å²) in [5.74, 6) is 0. The van der Waals surface area contributed by atoms with Gasteiger partial charge in [0, 0.05) is 18.3 Å². The molecule has 2 heteroatoms. The van der Waals surface area contributed by atoms with Gasteiger partial charge in [-0.25, -0.2) is 0 Å². The van der Waals surface area contributed by atoms with Crippen molar-refractivity contribution in [2.75, 3.05) is 6.54 Å². The summed E-state index contributed by atoms with van der Waals surface area (Å²) in [6.45, 7) is 0.808. The molecule has 20 heavy (non-hydrogen) atoms. The maximum Gasteiger partial charge on any atom is 0.0998 e. The first kappa shape index (κ1) is 12.3. The highest BCUT2D eigenvalue weighted by Gasteiger charge is 2.11. The van der Waals surface area contributed by atoms with Crippen molar-refractivity contribution in [2.45, 2.75) is 0 Å². The number of nitrogens with one attached hydrogen (secondary N) is 1. The Bertz CT molecular complexity index is 719. The second kappa shape index (κ2) is 5.46. The van der Waals surface area contributed by atoms with E-state index in [4.69, 9.17) is 0 Å². The highest BCUT2D eigenvalue weighted by molar-refractivity contribution is 5.87. The quantitative estimate of drug-likeness (QED) is 0.893. The molecule has 0 aliphatic carbocycles. The molecule has 0 spiro atoms. The van der Waals surface area contributed by atoms with Crippen LogP contribution >= 0.6 is 0 Å². The Hall–Kier alpha value is -2.79. The van der Waals surface area contributed by atoms with E-state index in [-0.39, 0.29) is 0 Å². The first-order valence-electron chi connectivity index (χ1n) is 6.57. The van der Waals surface area contributed by atoms with E-state index in [0.29, 0.717) is 5.56 Å². The zero-order chi connectivity index (χ0) is 13.8. The van der Waals surface area contributed by atoms with E-state index >= 15 is 0 Å². The lowest BCUT2D eigenvalue weighted by Crippen LogP contribution is -2.14. The molecule has 1 aliphatic rings. The number of hydrogen-bond donors (Lipinski definition) is 1. The monoisotopic (exact) mass is 258 g/mol. The standard InChI is InChI=1S/C18H14N2/c19-11-15-8-4-5-9-18(15)17-10-16(12-20-13-17)14-6-2-1-3-7-14/h1-10,13,20H,12H2. The molecule has 0 aromatic heterocycles. The molecule has 1 heterocycles. The summed E-state index contributed by atoms with van der Waals surface area (Å²) in [5, 5.41) is 12.5. The fourth-order valence-corrected chi connectivity index (χ4v) is 2.38. The van der Waals surface area contributed by atoms with Crippen LogP contribution in [0.1, 0.15) is 16.7 Å². The van der Waals surface area contributed by atoms with Gasteiger partial charge in [0.15, 0.2) is 0 Å². The predicted octanol–water partition coefficient (Wildman–Crippen LogP) is 3.59.